The number of anilines is 1. The molecule has 1 aromatic carbocycles. The largest absolute Gasteiger partial charge is 0.480 e. The van der Waals surface area contributed by atoms with E-state index in [2.05, 4.69) is 5.32 Å². The van der Waals surface area contributed by atoms with E-state index in [4.69, 9.17) is 5.11 Å². The summed E-state index contributed by atoms with van der Waals surface area (Å²) in [6.07, 6.45) is -0.158. The van der Waals surface area contributed by atoms with Crippen molar-refractivity contribution in [2.45, 2.75) is 19.4 Å². The molecule has 0 radical (unpaired) electrons. The molecule has 1 saturated heterocycles. The van der Waals surface area contributed by atoms with Crippen molar-refractivity contribution >= 4 is 23.5 Å². The van der Waals surface area contributed by atoms with Gasteiger partial charge in [0.05, 0.1) is 11.6 Å². The quantitative estimate of drug-likeness (QED) is 0.865. The number of hydrogen-bond acceptors (Lipinski definition) is 3. The van der Waals surface area contributed by atoms with Crippen LogP contribution < -0.4 is 10.2 Å². The second kappa shape index (κ2) is 6.08. The smallest absolute Gasteiger partial charge is 0.325 e. The van der Waals surface area contributed by atoms with Gasteiger partial charge in [-0.2, -0.15) is 0 Å². The Hall–Kier alpha value is -2.51. The summed E-state index contributed by atoms with van der Waals surface area (Å²) < 4.78 is 26.6. The summed E-state index contributed by atoms with van der Waals surface area (Å²) in [7, 11) is 0. The Kier molecular flexibility index (Phi) is 4.39. The van der Waals surface area contributed by atoms with E-state index in [1.165, 1.54) is 6.92 Å². The van der Waals surface area contributed by atoms with Crippen LogP contribution in [0.3, 0.4) is 0 Å². The molecular weight excluding hydrogens is 298 g/mol. The molecule has 1 aliphatic heterocycles. The summed E-state index contributed by atoms with van der Waals surface area (Å²) in [5.41, 5.74) is -0.104. The number of amides is 2. The van der Waals surface area contributed by atoms with Crippen LogP contribution in [0.4, 0.5) is 14.5 Å². The zero-order valence-electron chi connectivity index (χ0n) is 11.7. The maximum absolute atomic E-state index is 13.7. The molecule has 2 unspecified atom stereocenters. The highest BCUT2D eigenvalue weighted by Crippen LogP contribution is 2.28. The number of carboxylic acid groups (broad SMARTS) is 1. The summed E-state index contributed by atoms with van der Waals surface area (Å²) in [5.74, 6) is -4.70. The highest BCUT2D eigenvalue weighted by molar-refractivity contribution is 6.00. The first kappa shape index (κ1) is 15.9. The van der Waals surface area contributed by atoms with E-state index in [-0.39, 0.29) is 18.7 Å². The van der Waals surface area contributed by atoms with Crippen LogP contribution in [-0.2, 0) is 14.4 Å². The van der Waals surface area contributed by atoms with Crippen molar-refractivity contribution in [2.24, 2.45) is 5.92 Å². The van der Waals surface area contributed by atoms with Crippen molar-refractivity contribution in [2.75, 3.05) is 11.4 Å². The SMILES string of the molecule is CC(NC(=O)C1CC(=O)N(c2ccc(F)cc2F)C1)C(=O)O. The molecule has 2 rings (SSSR count). The van der Waals surface area contributed by atoms with Gasteiger partial charge in [-0.05, 0) is 19.1 Å². The molecule has 2 amide bonds. The Morgan fingerprint density at radius 1 is 1.41 bits per heavy atom. The maximum atomic E-state index is 13.7. The minimum absolute atomic E-state index is 0.0838. The molecule has 0 saturated carbocycles. The topological polar surface area (TPSA) is 86.7 Å². The minimum atomic E-state index is -1.20. The summed E-state index contributed by atoms with van der Waals surface area (Å²) in [5, 5.41) is 11.0. The number of hydrogen-bond donors (Lipinski definition) is 2. The first-order valence-electron chi connectivity index (χ1n) is 6.58. The fraction of sp³-hybridized carbons (Fsp3) is 0.357. The van der Waals surface area contributed by atoms with Gasteiger partial charge in [0.2, 0.25) is 11.8 Å². The lowest BCUT2D eigenvalue weighted by Gasteiger charge is -2.18. The van der Waals surface area contributed by atoms with E-state index in [9.17, 15) is 23.2 Å². The van der Waals surface area contributed by atoms with E-state index in [1.807, 2.05) is 0 Å². The third-order valence-corrected chi connectivity index (χ3v) is 3.43. The lowest BCUT2D eigenvalue weighted by molar-refractivity contribution is -0.141. The number of carbonyl (C=O) groups is 3. The molecule has 0 bridgehead atoms. The van der Waals surface area contributed by atoms with Crippen molar-refractivity contribution in [3.63, 3.8) is 0 Å². The number of carboxylic acids is 1. The molecule has 1 fully saturated rings. The molecule has 1 aromatic rings. The highest BCUT2D eigenvalue weighted by atomic mass is 19.1. The lowest BCUT2D eigenvalue weighted by atomic mass is 10.1. The van der Waals surface area contributed by atoms with Crippen molar-refractivity contribution in [1.29, 1.82) is 0 Å². The van der Waals surface area contributed by atoms with Crippen LogP contribution in [-0.4, -0.2) is 35.5 Å². The monoisotopic (exact) mass is 312 g/mol. The second-order valence-corrected chi connectivity index (χ2v) is 5.07. The van der Waals surface area contributed by atoms with Crippen LogP contribution in [0.25, 0.3) is 0 Å². The van der Waals surface area contributed by atoms with E-state index in [0.717, 1.165) is 17.0 Å². The summed E-state index contributed by atoms with van der Waals surface area (Å²) in [6.45, 7) is 1.22. The van der Waals surface area contributed by atoms with Gasteiger partial charge in [-0.25, -0.2) is 8.78 Å². The van der Waals surface area contributed by atoms with Gasteiger partial charge < -0.3 is 15.3 Å². The molecule has 1 heterocycles. The summed E-state index contributed by atoms with van der Waals surface area (Å²) >= 11 is 0. The fourth-order valence-electron chi connectivity index (χ4n) is 2.21. The van der Waals surface area contributed by atoms with Crippen molar-refractivity contribution in [3.8, 4) is 0 Å². The summed E-state index contributed by atoms with van der Waals surface area (Å²) in [6, 6.07) is 1.72. The fourth-order valence-corrected chi connectivity index (χ4v) is 2.21. The Morgan fingerprint density at radius 3 is 2.68 bits per heavy atom. The van der Waals surface area contributed by atoms with E-state index < -0.39 is 41.4 Å². The molecule has 8 heteroatoms. The van der Waals surface area contributed by atoms with Crippen molar-refractivity contribution < 1.29 is 28.3 Å². The van der Waals surface area contributed by atoms with Crippen LogP contribution in [0.15, 0.2) is 18.2 Å². The number of halogens is 2. The second-order valence-electron chi connectivity index (χ2n) is 5.07. The Morgan fingerprint density at radius 2 is 2.09 bits per heavy atom. The third kappa shape index (κ3) is 3.21. The maximum Gasteiger partial charge on any atom is 0.325 e. The Labute approximate surface area is 124 Å². The molecule has 0 spiro atoms. The average Bonchev–Trinajstić information content (AvgIpc) is 2.80. The van der Waals surface area contributed by atoms with Gasteiger partial charge in [0.1, 0.15) is 17.7 Å². The van der Waals surface area contributed by atoms with Crippen LogP contribution >= 0.6 is 0 Å². The molecule has 2 N–H and O–H groups in total. The predicted molar refractivity (Wildman–Crippen MR) is 72.1 cm³/mol. The molecule has 1 aliphatic rings. The van der Waals surface area contributed by atoms with Gasteiger partial charge >= 0.3 is 5.97 Å². The van der Waals surface area contributed by atoms with Crippen LogP contribution in [0.5, 0.6) is 0 Å². The van der Waals surface area contributed by atoms with Gasteiger partial charge in [-0.15, -0.1) is 0 Å². The number of nitrogens with zero attached hydrogens (tertiary/aromatic N) is 1. The Bertz CT molecular complexity index is 635. The molecule has 2 atom stereocenters. The lowest BCUT2D eigenvalue weighted by Crippen LogP contribution is -2.42. The van der Waals surface area contributed by atoms with Gasteiger partial charge in [-0.1, -0.05) is 0 Å². The Balaban J connectivity index is 2.10. The number of benzene rings is 1. The first-order valence-corrected chi connectivity index (χ1v) is 6.58. The number of aliphatic carboxylic acids is 1. The van der Waals surface area contributed by atoms with Crippen molar-refractivity contribution in [1.82, 2.24) is 5.32 Å². The number of rotatable bonds is 4. The van der Waals surface area contributed by atoms with E-state index >= 15 is 0 Å². The standard InChI is InChI=1S/C14H14F2N2O4/c1-7(14(21)22)17-13(20)8-4-12(19)18(6-8)11-3-2-9(15)5-10(11)16/h2-3,5,7-8H,4,6H2,1H3,(H,17,20)(H,21,22). The zero-order valence-corrected chi connectivity index (χ0v) is 11.7. The summed E-state index contributed by atoms with van der Waals surface area (Å²) in [4.78, 5) is 35.6. The molecular formula is C14H14F2N2O4. The number of carbonyl (C=O) groups excluding carboxylic acids is 2. The first-order chi connectivity index (χ1) is 10.3. The van der Waals surface area contributed by atoms with Crippen LogP contribution in [0.2, 0.25) is 0 Å². The van der Waals surface area contributed by atoms with Gasteiger partial charge in [0.25, 0.3) is 0 Å². The van der Waals surface area contributed by atoms with Gasteiger partial charge in [-0.3, -0.25) is 14.4 Å². The number of nitrogens with one attached hydrogen (secondary N) is 1. The van der Waals surface area contributed by atoms with Gasteiger partial charge in [0.15, 0.2) is 0 Å². The van der Waals surface area contributed by atoms with Crippen LogP contribution in [0, 0.1) is 17.6 Å². The predicted octanol–water partition coefficient (Wildman–Crippen LogP) is 0.907. The molecule has 6 nitrogen and oxygen atoms in total. The molecule has 0 aliphatic carbocycles. The van der Waals surface area contributed by atoms with Gasteiger partial charge in [0, 0.05) is 19.0 Å². The zero-order chi connectivity index (χ0) is 16.4. The van der Waals surface area contributed by atoms with Crippen LogP contribution in [0.1, 0.15) is 13.3 Å². The normalized spacial score (nSPS) is 19.1. The molecule has 118 valence electrons. The van der Waals surface area contributed by atoms with E-state index in [1.54, 1.807) is 0 Å². The molecule has 22 heavy (non-hydrogen) atoms. The third-order valence-electron chi connectivity index (χ3n) is 3.43. The van der Waals surface area contributed by atoms with Crippen molar-refractivity contribution in [3.05, 3.63) is 29.8 Å². The highest BCUT2D eigenvalue weighted by Gasteiger charge is 2.37. The average molecular weight is 312 g/mol. The molecule has 0 aromatic heterocycles. The minimum Gasteiger partial charge on any atom is -0.480 e. The van der Waals surface area contributed by atoms with E-state index in [0.29, 0.717) is 6.07 Å².